The number of nitrogens with two attached hydrogens (primary N) is 1. The maximum absolute atomic E-state index is 6.03. The second-order valence-electron chi connectivity index (χ2n) is 5.37. The van der Waals surface area contributed by atoms with E-state index in [9.17, 15) is 0 Å². The van der Waals surface area contributed by atoms with Gasteiger partial charge in [-0.2, -0.15) is 0 Å². The van der Waals surface area contributed by atoms with E-state index in [1.807, 2.05) is 0 Å². The highest BCUT2D eigenvalue weighted by molar-refractivity contribution is 4.62. The third-order valence-corrected chi connectivity index (χ3v) is 3.50. The van der Waals surface area contributed by atoms with E-state index in [2.05, 4.69) is 13.8 Å². The van der Waals surface area contributed by atoms with Gasteiger partial charge in [-0.15, -0.1) is 0 Å². The molecule has 0 aliphatic heterocycles. The average Bonchev–Trinajstić information content (AvgIpc) is 2.34. The van der Waals surface area contributed by atoms with Crippen LogP contribution in [0, 0.1) is 6.92 Å². The fourth-order valence-corrected chi connectivity index (χ4v) is 2.27. The Hall–Kier alpha value is -0.0400. The van der Waals surface area contributed by atoms with Crippen molar-refractivity contribution in [1.29, 1.82) is 0 Å². The molecule has 0 rings (SSSR count). The number of rotatable bonds is 13. The van der Waals surface area contributed by atoms with E-state index in [1.165, 1.54) is 77.0 Å². The maximum Gasteiger partial charge on any atom is 0.00388 e. The fraction of sp³-hybridized carbons (Fsp3) is 0.938. The molecule has 0 spiro atoms. The maximum atomic E-state index is 6.03. The summed E-state index contributed by atoms with van der Waals surface area (Å²) in [5.41, 5.74) is 6.03. The highest BCUT2D eigenvalue weighted by atomic mass is 14.6. The van der Waals surface area contributed by atoms with Gasteiger partial charge < -0.3 is 5.73 Å². The minimum absolute atomic E-state index is 0.432. The second-order valence-corrected chi connectivity index (χ2v) is 5.37. The van der Waals surface area contributed by atoms with Gasteiger partial charge in [0.25, 0.3) is 0 Å². The smallest absolute Gasteiger partial charge is 0.00388 e. The molecule has 1 atom stereocenters. The molecule has 0 aromatic heterocycles. The van der Waals surface area contributed by atoms with Crippen LogP contribution in [0.1, 0.15) is 90.4 Å². The molecule has 1 unspecified atom stereocenters. The molecular weight excluding hydrogens is 206 g/mol. The first-order valence-electron chi connectivity index (χ1n) is 7.86. The summed E-state index contributed by atoms with van der Waals surface area (Å²) in [7, 11) is 0. The van der Waals surface area contributed by atoms with Gasteiger partial charge in [-0.3, -0.25) is 0 Å². The molecule has 0 heterocycles. The summed E-state index contributed by atoms with van der Waals surface area (Å²) in [5.74, 6) is 0. The van der Waals surface area contributed by atoms with Crippen molar-refractivity contribution in [3.05, 3.63) is 6.92 Å². The number of hydrogen-bond donors (Lipinski definition) is 1. The lowest BCUT2D eigenvalue weighted by Gasteiger charge is -2.10. The molecule has 17 heavy (non-hydrogen) atoms. The summed E-state index contributed by atoms with van der Waals surface area (Å²) >= 11 is 0. The number of unbranched alkanes of at least 4 members (excludes halogenated alkanes) is 9. The van der Waals surface area contributed by atoms with Gasteiger partial charge in [0.1, 0.15) is 0 Å². The monoisotopic (exact) mass is 240 g/mol. The third kappa shape index (κ3) is 13.9. The van der Waals surface area contributed by atoms with Crippen molar-refractivity contribution in [2.24, 2.45) is 5.73 Å². The summed E-state index contributed by atoms with van der Waals surface area (Å²) in [6.45, 7) is 6.13. The molecule has 0 saturated carbocycles. The normalized spacial score (nSPS) is 12.9. The van der Waals surface area contributed by atoms with Gasteiger partial charge in [0, 0.05) is 6.04 Å². The van der Waals surface area contributed by atoms with Crippen LogP contribution in [0.5, 0.6) is 0 Å². The van der Waals surface area contributed by atoms with Crippen LogP contribution in [0.15, 0.2) is 0 Å². The van der Waals surface area contributed by atoms with Crippen molar-refractivity contribution in [2.45, 2.75) is 96.4 Å². The van der Waals surface area contributed by atoms with Crippen LogP contribution in [0.25, 0.3) is 0 Å². The van der Waals surface area contributed by atoms with E-state index in [4.69, 9.17) is 5.73 Å². The van der Waals surface area contributed by atoms with Gasteiger partial charge in [-0.25, -0.2) is 0 Å². The van der Waals surface area contributed by atoms with Gasteiger partial charge in [0.15, 0.2) is 0 Å². The second kappa shape index (κ2) is 14.0. The molecule has 0 aliphatic carbocycles. The van der Waals surface area contributed by atoms with Crippen molar-refractivity contribution < 1.29 is 0 Å². The topological polar surface area (TPSA) is 26.0 Å². The molecular formula is C16H34N. The van der Waals surface area contributed by atoms with Gasteiger partial charge in [0.05, 0.1) is 0 Å². The first-order chi connectivity index (χ1) is 8.31. The number of hydrogen-bond acceptors (Lipinski definition) is 1. The van der Waals surface area contributed by atoms with Crippen LogP contribution in [0.4, 0.5) is 0 Å². The molecule has 103 valence electrons. The Morgan fingerprint density at radius 1 is 0.765 bits per heavy atom. The predicted molar refractivity (Wildman–Crippen MR) is 79.0 cm³/mol. The standard InChI is InChI=1S/C16H34N/c1-3-5-7-8-9-10-11-12-13-15-16(17)14-6-4-2/h16H,2-15,17H2,1H3. The largest absolute Gasteiger partial charge is 0.328 e. The predicted octanol–water partition coefficient (Wildman–Crippen LogP) is 5.24. The Morgan fingerprint density at radius 2 is 1.24 bits per heavy atom. The van der Waals surface area contributed by atoms with Gasteiger partial charge >= 0.3 is 0 Å². The molecule has 1 heteroatoms. The van der Waals surface area contributed by atoms with Crippen LogP contribution in [0.2, 0.25) is 0 Å². The minimum atomic E-state index is 0.432. The van der Waals surface area contributed by atoms with Gasteiger partial charge in [-0.05, 0) is 12.8 Å². The summed E-state index contributed by atoms with van der Waals surface area (Å²) in [6, 6.07) is 0.432. The fourth-order valence-electron chi connectivity index (χ4n) is 2.27. The molecule has 1 nitrogen and oxygen atoms in total. The van der Waals surface area contributed by atoms with Crippen LogP contribution in [0.3, 0.4) is 0 Å². The van der Waals surface area contributed by atoms with E-state index < -0.39 is 0 Å². The van der Waals surface area contributed by atoms with Crippen molar-refractivity contribution in [1.82, 2.24) is 0 Å². The highest BCUT2D eigenvalue weighted by Gasteiger charge is 2.01. The molecule has 0 amide bonds. The van der Waals surface area contributed by atoms with Crippen LogP contribution in [-0.2, 0) is 0 Å². The summed E-state index contributed by atoms with van der Waals surface area (Å²) in [5, 5.41) is 0. The average molecular weight is 240 g/mol. The molecule has 0 aliphatic rings. The van der Waals surface area contributed by atoms with Crippen LogP contribution >= 0.6 is 0 Å². The van der Waals surface area contributed by atoms with Crippen molar-refractivity contribution in [3.8, 4) is 0 Å². The lowest BCUT2D eigenvalue weighted by molar-refractivity contribution is 0.497. The van der Waals surface area contributed by atoms with E-state index in [-0.39, 0.29) is 0 Å². The Bertz CT molecular complexity index is 133. The minimum Gasteiger partial charge on any atom is -0.328 e. The van der Waals surface area contributed by atoms with E-state index in [1.54, 1.807) is 0 Å². The Balaban J connectivity index is 3.02. The summed E-state index contributed by atoms with van der Waals surface area (Å²) in [6.07, 6.45) is 17.2. The molecule has 0 aromatic rings. The molecule has 0 fully saturated rings. The first-order valence-corrected chi connectivity index (χ1v) is 7.86. The molecule has 0 aromatic carbocycles. The zero-order valence-corrected chi connectivity index (χ0v) is 12.1. The van der Waals surface area contributed by atoms with E-state index in [0.29, 0.717) is 6.04 Å². The zero-order valence-electron chi connectivity index (χ0n) is 12.1. The van der Waals surface area contributed by atoms with Crippen molar-refractivity contribution in [2.75, 3.05) is 0 Å². The summed E-state index contributed by atoms with van der Waals surface area (Å²) < 4.78 is 0. The Labute approximate surface area is 110 Å². The first kappa shape index (κ1) is 17.0. The Kier molecular flexibility index (Phi) is 14.0. The third-order valence-electron chi connectivity index (χ3n) is 3.50. The van der Waals surface area contributed by atoms with Crippen LogP contribution < -0.4 is 5.73 Å². The van der Waals surface area contributed by atoms with Crippen LogP contribution in [-0.4, -0.2) is 6.04 Å². The molecule has 2 N–H and O–H groups in total. The van der Waals surface area contributed by atoms with E-state index in [0.717, 1.165) is 6.42 Å². The van der Waals surface area contributed by atoms with Crippen molar-refractivity contribution >= 4 is 0 Å². The van der Waals surface area contributed by atoms with Gasteiger partial charge in [0.2, 0.25) is 0 Å². The molecule has 0 bridgehead atoms. The molecule has 0 saturated heterocycles. The Morgan fingerprint density at radius 3 is 1.76 bits per heavy atom. The molecule has 1 radical (unpaired) electrons. The van der Waals surface area contributed by atoms with Gasteiger partial charge in [-0.1, -0.05) is 84.5 Å². The lowest BCUT2D eigenvalue weighted by atomic mass is 10.0. The van der Waals surface area contributed by atoms with E-state index >= 15 is 0 Å². The summed E-state index contributed by atoms with van der Waals surface area (Å²) in [4.78, 5) is 0. The zero-order chi connectivity index (χ0) is 12.8. The SMILES string of the molecule is [CH2]CCCC(N)CCCCCCCCCCC. The quantitative estimate of drug-likeness (QED) is 0.438. The van der Waals surface area contributed by atoms with Crippen molar-refractivity contribution in [3.63, 3.8) is 0 Å². The highest BCUT2D eigenvalue weighted by Crippen LogP contribution is 2.12. The lowest BCUT2D eigenvalue weighted by Crippen LogP contribution is -2.19.